The molecule has 5 nitrogen and oxygen atoms in total. The minimum Gasteiger partial charge on any atom is -0.306 e. The molecule has 0 spiro atoms. The molecule has 1 amide bonds. The molecule has 0 aliphatic carbocycles. The Morgan fingerprint density at radius 3 is 2.79 bits per heavy atom. The van der Waals surface area contributed by atoms with Gasteiger partial charge in [-0.2, -0.15) is 0 Å². The fraction of sp³-hybridized carbons (Fsp3) is 0.0556. The van der Waals surface area contributed by atoms with Crippen LogP contribution in [0.5, 0.6) is 0 Å². The summed E-state index contributed by atoms with van der Waals surface area (Å²) in [4.78, 5) is 21.3. The van der Waals surface area contributed by atoms with Crippen LogP contribution in [-0.4, -0.2) is 20.4 Å². The van der Waals surface area contributed by atoms with E-state index >= 15 is 0 Å². The molecule has 3 heterocycles. The van der Waals surface area contributed by atoms with Crippen LogP contribution in [0.3, 0.4) is 0 Å². The molecule has 6 heteroatoms. The van der Waals surface area contributed by atoms with Gasteiger partial charge in [-0.25, -0.2) is 9.97 Å². The quantitative estimate of drug-likeness (QED) is 0.615. The molecule has 1 aromatic carbocycles. The van der Waals surface area contributed by atoms with Crippen molar-refractivity contribution in [3.63, 3.8) is 0 Å². The molecule has 0 fully saturated rings. The van der Waals surface area contributed by atoms with E-state index in [0.717, 1.165) is 20.9 Å². The maximum atomic E-state index is 12.5. The van der Waals surface area contributed by atoms with Gasteiger partial charge in [-0.05, 0) is 48.9 Å². The summed E-state index contributed by atoms with van der Waals surface area (Å²) in [6.45, 7) is 1.92. The average molecular weight is 334 g/mol. The van der Waals surface area contributed by atoms with Crippen molar-refractivity contribution in [2.45, 2.75) is 6.92 Å². The van der Waals surface area contributed by atoms with Gasteiger partial charge in [0.05, 0.1) is 10.2 Å². The monoisotopic (exact) mass is 334 g/mol. The Morgan fingerprint density at radius 1 is 1.17 bits per heavy atom. The van der Waals surface area contributed by atoms with Gasteiger partial charge in [0.2, 0.25) is 0 Å². The number of carbonyl (C=O) groups is 1. The number of carbonyl (C=O) groups excluding carboxylic acids is 1. The number of hydrogen-bond donors (Lipinski definition) is 1. The molecule has 0 aliphatic rings. The van der Waals surface area contributed by atoms with Gasteiger partial charge in [0, 0.05) is 24.2 Å². The van der Waals surface area contributed by atoms with Crippen molar-refractivity contribution in [1.29, 1.82) is 0 Å². The first-order valence-corrected chi connectivity index (χ1v) is 8.29. The van der Waals surface area contributed by atoms with Crippen LogP contribution in [0.4, 0.5) is 5.82 Å². The highest BCUT2D eigenvalue weighted by molar-refractivity contribution is 7.20. The van der Waals surface area contributed by atoms with Crippen LogP contribution in [-0.2, 0) is 0 Å². The number of hydrogen-bond acceptors (Lipinski definition) is 4. The molecule has 0 saturated carbocycles. The topological polar surface area (TPSA) is 59.8 Å². The fourth-order valence-electron chi connectivity index (χ4n) is 2.42. The zero-order valence-corrected chi connectivity index (χ0v) is 13.7. The number of benzene rings is 1. The molecule has 24 heavy (non-hydrogen) atoms. The van der Waals surface area contributed by atoms with E-state index in [1.54, 1.807) is 23.6 Å². The first kappa shape index (κ1) is 14.6. The van der Waals surface area contributed by atoms with Crippen LogP contribution in [0, 0.1) is 6.92 Å². The summed E-state index contributed by atoms with van der Waals surface area (Å²) in [6.07, 6.45) is 5.57. The Hall–Kier alpha value is -2.99. The number of rotatable bonds is 3. The molecular weight excluding hydrogens is 320 g/mol. The number of anilines is 1. The number of fused-ring (bicyclic) bond motifs is 1. The molecule has 0 radical (unpaired) electrons. The second-order valence-corrected chi connectivity index (χ2v) is 6.40. The van der Waals surface area contributed by atoms with E-state index in [1.807, 2.05) is 60.3 Å². The highest BCUT2D eigenvalue weighted by Gasteiger charge is 2.11. The van der Waals surface area contributed by atoms with Gasteiger partial charge in [-0.3, -0.25) is 4.79 Å². The van der Waals surface area contributed by atoms with Crippen molar-refractivity contribution in [1.82, 2.24) is 14.5 Å². The summed E-state index contributed by atoms with van der Waals surface area (Å²) in [6, 6.07) is 13.2. The molecule has 0 saturated heterocycles. The van der Waals surface area contributed by atoms with E-state index in [2.05, 4.69) is 15.3 Å². The first-order valence-electron chi connectivity index (χ1n) is 7.47. The van der Waals surface area contributed by atoms with Gasteiger partial charge in [0.25, 0.3) is 5.91 Å². The maximum absolute atomic E-state index is 12.5. The van der Waals surface area contributed by atoms with Gasteiger partial charge in [0.15, 0.2) is 5.13 Å². The molecule has 4 rings (SSSR count). The van der Waals surface area contributed by atoms with Crippen molar-refractivity contribution in [2.75, 3.05) is 5.32 Å². The van der Waals surface area contributed by atoms with E-state index in [0.29, 0.717) is 11.4 Å². The second kappa shape index (κ2) is 5.90. The minimum atomic E-state index is -0.172. The van der Waals surface area contributed by atoms with Gasteiger partial charge in [-0.15, -0.1) is 0 Å². The number of amides is 1. The van der Waals surface area contributed by atoms with Crippen molar-refractivity contribution in [3.8, 4) is 5.13 Å². The molecule has 3 aromatic heterocycles. The SMILES string of the molecule is Cc1cccnc1NC(=O)c1ccc2nc(-n3cccc3)sc2c1. The zero-order valence-electron chi connectivity index (χ0n) is 12.9. The molecule has 1 N–H and O–H groups in total. The Bertz CT molecular complexity index is 1020. The highest BCUT2D eigenvalue weighted by atomic mass is 32.1. The normalized spacial score (nSPS) is 10.9. The molecular formula is C18H14N4OS. The van der Waals surface area contributed by atoms with Crippen LogP contribution in [0.1, 0.15) is 15.9 Å². The summed E-state index contributed by atoms with van der Waals surface area (Å²) in [7, 11) is 0. The standard InChI is InChI=1S/C18H14N4OS/c1-12-5-4-8-19-16(12)21-17(23)13-6-7-14-15(11-13)24-18(20-14)22-9-2-3-10-22/h2-11H,1H3,(H,19,21,23). The summed E-state index contributed by atoms with van der Waals surface area (Å²) in [5, 5.41) is 3.74. The average Bonchev–Trinajstić information content (AvgIpc) is 3.25. The third-order valence-corrected chi connectivity index (χ3v) is 4.74. The first-order chi connectivity index (χ1) is 11.7. The van der Waals surface area contributed by atoms with Crippen LogP contribution in [0.25, 0.3) is 15.3 Å². The van der Waals surface area contributed by atoms with Gasteiger partial charge in [-0.1, -0.05) is 17.4 Å². The molecule has 0 unspecified atom stereocenters. The Kier molecular flexibility index (Phi) is 3.59. The second-order valence-electron chi connectivity index (χ2n) is 5.39. The van der Waals surface area contributed by atoms with E-state index in [9.17, 15) is 4.79 Å². The largest absolute Gasteiger partial charge is 0.306 e. The predicted molar refractivity (Wildman–Crippen MR) is 95.9 cm³/mol. The summed E-state index contributed by atoms with van der Waals surface area (Å²) in [5.74, 6) is 0.412. The third kappa shape index (κ3) is 2.68. The minimum absolute atomic E-state index is 0.172. The van der Waals surface area contributed by atoms with Crippen molar-refractivity contribution < 1.29 is 4.79 Å². The van der Waals surface area contributed by atoms with E-state index < -0.39 is 0 Å². The van der Waals surface area contributed by atoms with Gasteiger partial charge >= 0.3 is 0 Å². The van der Waals surface area contributed by atoms with E-state index in [4.69, 9.17) is 0 Å². The number of pyridine rings is 1. The van der Waals surface area contributed by atoms with Crippen molar-refractivity contribution in [2.24, 2.45) is 0 Å². The fourth-order valence-corrected chi connectivity index (χ4v) is 3.39. The number of nitrogens with zero attached hydrogens (tertiary/aromatic N) is 3. The number of aryl methyl sites for hydroxylation is 1. The van der Waals surface area contributed by atoms with Crippen molar-refractivity contribution >= 4 is 33.3 Å². The Morgan fingerprint density at radius 2 is 2.00 bits per heavy atom. The number of thiazole rings is 1. The summed E-state index contributed by atoms with van der Waals surface area (Å²) in [5.41, 5.74) is 2.41. The number of nitrogens with one attached hydrogen (secondary N) is 1. The summed E-state index contributed by atoms with van der Waals surface area (Å²) >= 11 is 1.55. The van der Waals surface area contributed by atoms with Gasteiger partial charge < -0.3 is 9.88 Å². The molecule has 0 aliphatic heterocycles. The molecule has 0 bridgehead atoms. The van der Waals surface area contributed by atoms with Crippen LogP contribution < -0.4 is 5.32 Å². The predicted octanol–water partition coefficient (Wildman–Crippen LogP) is 4.04. The molecule has 118 valence electrons. The summed E-state index contributed by atoms with van der Waals surface area (Å²) < 4.78 is 2.94. The van der Waals surface area contributed by atoms with Crippen LogP contribution in [0.15, 0.2) is 61.1 Å². The zero-order chi connectivity index (χ0) is 16.5. The maximum Gasteiger partial charge on any atom is 0.256 e. The third-order valence-electron chi connectivity index (χ3n) is 3.71. The van der Waals surface area contributed by atoms with E-state index in [-0.39, 0.29) is 5.91 Å². The lowest BCUT2D eigenvalue weighted by Gasteiger charge is -2.06. The van der Waals surface area contributed by atoms with Gasteiger partial charge in [0.1, 0.15) is 5.82 Å². The Balaban J connectivity index is 1.65. The van der Waals surface area contributed by atoms with Crippen LogP contribution in [0.2, 0.25) is 0 Å². The smallest absolute Gasteiger partial charge is 0.256 e. The lowest BCUT2D eigenvalue weighted by atomic mass is 10.2. The van der Waals surface area contributed by atoms with Crippen LogP contribution >= 0.6 is 11.3 Å². The number of aromatic nitrogens is 3. The van der Waals surface area contributed by atoms with Crippen molar-refractivity contribution in [3.05, 3.63) is 72.2 Å². The molecule has 0 atom stereocenters. The lowest BCUT2D eigenvalue weighted by molar-refractivity contribution is 0.102. The highest BCUT2D eigenvalue weighted by Crippen LogP contribution is 2.26. The Labute approximate surface area is 142 Å². The van der Waals surface area contributed by atoms with E-state index in [1.165, 1.54) is 0 Å². The lowest BCUT2D eigenvalue weighted by Crippen LogP contribution is -2.13. The molecule has 4 aromatic rings.